The van der Waals surface area contributed by atoms with Crippen molar-refractivity contribution in [2.24, 2.45) is 52.9 Å². The molecule has 0 radical (unpaired) electrons. The number of H-pyrrole nitrogens is 1. The van der Waals surface area contributed by atoms with Gasteiger partial charge in [0.15, 0.2) is 23.1 Å². The number of nitrogens with two attached hydrogens (primary N) is 2. The van der Waals surface area contributed by atoms with Gasteiger partial charge in [-0.3, -0.25) is 47.9 Å². The fraction of sp³-hybridized carbons (Fsp3) is 0.564. The van der Waals surface area contributed by atoms with Crippen LogP contribution in [0.5, 0.6) is 5.75 Å². The Labute approximate surface area is 446 Å². The van der Waals surface area contributed by atoms with Gasteiger partial charge in [0.1, 0.15) is 5.75 Å². The van der Waals surface area contributed by atoms with Gasteiger partial charge in [-0.05, 0) is 79.7 Å². The first kappa shape index (κ1) is 59.9. The van der Waals surface area contributed by atoms with Crippen molar-refractivity contribution in [2.75, 3.05) is 24.6 Å². The van der Waals surface area contributed by atoms with Gasteiger partial charge in [-0.25, -0.2) is 0 Å². The number of hydrogen-bond donors (Lipinski definition) is 7. The summed E-state index contributed by atoms with van der Waals surface area (Å²) in [6.45, 7) is 9.11. The van der Waals surface area contributed by atoms with Crippen molar-refractivity contribution < 1.29 is 53.1 Å². The third kappa shape index (κ3) is 17.8. The number of aromatic amines is 1. The fourth-order valence-corrected chi connectivity index (χ4v) is 12.4. The van der Waals surface area contributed by atoms with Crippen LogP contribution in [0, 0.1) is 41.4 Å². The molecule has 2 aliphatic heterocycles. The topological polar surface area (TPSA) is 298 Å². The number of amides is 6. The summed E-state index contributed by atoms with van der Waals surface area (Å²) < 4.78 is 0. The smallest absolute Gasteiger partial charge is 0.226 e. The number of nitrogens with zero attached hydrogens (tertiary/aromatic N) is 1. The van der Waals surface area contributed by atoms with E-state index in [0.29, 0.717) is 37.1 Å². The van der Waals surface area contributed by atoms with Crippen LogP contribution in [-0.2, 0) is 60.8 Å². The fourth-order valence-electron chi connectivity index (χ4n) is 9.86. The number of rotatable bonds is 20. The second kappa shape index (κ2) is 28.8. The molecule has 0 bridgehead atoms. The van der Waals surface area contributed by atoms with Gasteiger partial charge >= 0.3 is 0 Å². The maximum Gasteiger partial charge on any atom is 0.226 e. The van der Waals surface area contributed by atoms with Gasteiger partial charge < -0.3 is 42.4 Å². The molecule has 75 heavy (non-hydrogen) atoms. The van der Waals surface area contributed by atoms with Gasteiger partial charge in [-0.15, -0.1) is 0 Å². The molecular formula is C55H75N7O11S2. The second-order valence-corrected chi connectivity index (χ2v) is 23.4. The number of primary amides is 2. The van der Waals surface area contributed by atoms with E-state index in [2.05, 4.69) is 20.9 Å². The van der Waals surface area contributed by atoms with Crippen molar-refractivity contribution in [3.63, 3.8) is 0 Å². The van der Waals surface area contributed by atoms with Crippen molar-refractivity contribution >= 4 is 91.1 Å². The number of aromatic hydroxyl groups is 1. The van der Waals surface area contributed by atoms with E-state index in [1.165, 1.54) is 33.7 Å². The van der Waals surface area contributed by atoms with Crippen molar-refractivity contribution in [3.8, 4) is 5.75 Å². The van der Waals surface area contributed by atoms with Crippen LogP contribution < -0.4 is 27.4 Å². The van der Waals surface area contributed by atoms with Crippen LogP contribution in [0.25, 0.3) is 10.9 Å². The Balaban J connectivity index is 1.45. The summed E-state index contributed by atoms with van der Waals surface area (Å²) in [6, 6.07) is 10.7. The number of Topliss-reactive ketones (excluding diaryl/α,β-unsaturated/α-hetero) is 4. The molecule has 0 spiro atoms. The summed E-state index contributed by atoms with van der Waals surface area (Å²) in [4.78, 5) is 142. The SMILES string of the molecule is CC[C@H](C)[C@H](NC(=O)[C@@H](CC(=O)[C@@H]1CSSC[C@H](C)C(=O)N2CCC[C@H]2C(=O)C[C@@H](Cc2ccc(O)cc2)C(=O)NCC(=O)C[C@@H](CC(C)C)C(=O)N1)Cc1c[nH]c2ccccc12)C(=O)C[C@@H](CCC(N)=O)C(N)=O. The first-order valence-corrected chi connectivity index (χ1v) is 28.6. The lowest BCUT2D eigenvalue weighted by molar-refractivity contribution is -0.140. The molecule has 2 saturated heterocycles. The lowest BCUT2D eigenvalue weighted by atomic mass is 9.86. The van der Waals surface area contributed by atoms with E-state index in [1.54, 1.807) is 37.1 Å². The Kier molecular flexibility index (Phi) is 22.9. The van der Waals surface area contributed by atoms with Gasteiger partial charge in [-0.2, -0.15) is 0 Å². The number of phenolic OH excluding ortho intramolecular Hbond substituents is 1. The van der Waals surface area contributed by atoms with Gasteiger partial charge in [0.2, 0.25) is 35.4 Å². The quantitative estimate of drug-likeness (QED) is 0.0741. The average molecular weight is 1070 g/mol. The molecule has 20 heteroatoms. The largest absolute Gasteiger partial charge is 0.508 e. The van der Waals surface area contributed by atoms with Gasteiger partial charge in [0, 0.05) is 96.8 Å². The molecule has 408 valence electrons. The van der Waals surface area contributed by atoms with Crippen LogP contribution in [0.3, 0.4) is 0 Å². The molecular weight excluding hydrogens is 999 g/mol. The van der Waals surface area contributed by atoms with E-state index in [9.17, 15) is 53.1 Å². The third-order valence-electron chi connectivity index (χ3n) is 14.4. The highest BCUT2D eigenvalue weighted by atomic mass is 33.1. The van der Waals surface area contributed by atoms with Gasteiger partial charge in [0.05, 0.1) is 24.7 Å². The molecule has 3 aromatic rings. The zero-order chi connectivity index (χ0) is 54.9. The number of benzene rings is 2. The Hall–Kier alpha value is -6.02. The number of para-hydroxylation sites is 1. The predicted molar refractivity (Wildman–Crippen MR) is 288 cm³/mol. The lowest BCUT2D eigenvalue weighted by Crippen LogP contribution is -2.50. The highest BCUT2D eigenvalue weighted by Gasteiger charge is 2.39. The molecule has 5 rings (SSSR count). The second-order valence-electron chi connectivity index (χ2n) is 20.8. The van der Waals surface area contributed by atoms with Crippen LogP contribution in [-0.4, -0.2) is 116 Å². The Bertz CT molecular complexity index is 2530. The van der Waals surface area contributed by atoms with Crippen LogP contribution in [0.4, 0.5) is 0 Å². The molecule has 1 aromatic heterocycles. The lowest BCUT2D eigenvalue weighted by Gasteiger charge is -2.28. The van der Waals surface area contributed by atoms with Crippen molar-refractivity contribution in [2.45, 2.75) is 130 Å². The minimum absolute atomic E-state index is 0.0248. The average Bonchev–Trinajstić information content (AvgIpc) is 4.03. The number of aromatic nitrogens is 1. The highest BCUT2D eigenvalue weighted by molar-refractivity contribution is 8.76. The van der Waals surface area contributed by atoms with Gasteiger partial charge in [0.25, 0.3) is 0 Å². The number of nitrogens with one attached hydrogen (secondary N) is 4. The zero-order valence-corrected chi connectivity index (χ0v) is 45.4. The maximum absolute atomic E-state index is 14.9. The standard InChI is InChI=1S/C55H75N7O11S2/c1-6-32(4)50(48(67)24-35(51(57)69)15-18-49(56)68)61-54(72)38(22-39-27-58-43-11-8-7-10-42(39)43)25-46(65)44-30-75-74-29-33(5)55(73)62-19-9-12-45(62)47(66)26-37(21-34-13-16-40(63)17-14-34)52(70)59-28-41(64)23-36(20-31(2)3)53(71)60-44/h7-8,10-11,13-14,16-17,27,31-33,35-38,44-45,50,58,63H,6,9,12,15,18-26,28-30H2,1-5H3,(H2,56,68)(H2,57,69)(H,59,70)(H,60,71)(H,61,72)/t32-,33-,35+,36+,37+,38+,44-,45-,50-/m0/s1. The van der Waals surface area contributed by atoms with Crippen LogP contribution in [0.2, 0.25) is 0 Å². The van der Waals surface area contributed by atoms with E-state index in [4.69, 9.17) is 11.5 Å². The minimum Gasteiger partial charge on any atom is -0.508 e. The molecule has 0 aliphatic carbocycles. The summed E-state index contributed by atoms with van der Waals surface area (Å²) >= 11 is 0. The Morgan fingerprint density at radius 2 is 1.59 bits per heavy atom. The number of phenols is 1. The highest BCUT2D eigenvalue weighted by Crippen LogP contribution is 2.31. The van der Waals surface area contributed by atoms with Crippen LogP contribution >= 0.6 is 21.6 Å². The predicted octanol–water partition coefficient (Wildman–Crippen LogP) is 4.91. The van der Waals surface area contributed by atoms with E-state index in [0.717, 1.165) is 16.5 Å². The van der Waals surface area contributed by atoms with E-state index in [-0.39, 0.29) is 86.9 Å². The number of hydrogen-bond acceptors (Lipinski definition) is 13. The summed E-state index contributed by atoms with van der Waals surface area (Å²) in [6.07, 6.45) is 2.33. The molecule has 9 atom stereocenters. The summed E-state index contributed by atoms with van der Waals surface area (Å²) in [5.41, 5.74) is 13.2. The Morgan fingerprint density at radius 1 is 0.880 bits per heavy atom. The number of carbonyl (C=O) groups is 10. The molecule has 9 N–H and O–H groups in total. The third-order valence-corrected chi connectivity index (χ3v) is 17.0. The molecule has 0 saturated carbocycles. The van der Waals surface area contributed by atoms with Crippen LogP contribution in [0.1, 0.15) is 110 Å². The first-order chi connectivity index (χ1) is 35.6. The number of carbonyl (C=O) groups excluding carboxylic acids is 10. The van der Waals surface area contributed by atoms with E-state index < -0.39 is 107 Å². The Morgan fingerprint density at radius 3 is 2.27 bits per heavy atom. The maximum atomic E-state index is 14.9. The minimum atomic E-state index is -1.18. The molecule has 2 aliphatic rings. The molecule has 2 aromatic carbocycles. The normalized spacial score (nSPS) is 22.3. The summed E-state index contributed by atoms with van der Waals surface area (Å²) in [5, 5.41) is 19.2. The van der Waals surface area contributed by atoms with Crippen molar-refractivity contribution in [3.05, 3.63) is 65.9 Å². The molecule has 2 fully saturated rings. The summed E-state index contributed by atoms with van der Waals surface area (Å²) in [7, 11) is 2.59. The summed E-state index contributed by atoms with van der Waals surface area (Å²) in [5.74, 6) is -9.63. The van der Waals surface area contributed by atoms with Crippen molar-refractivity contribution in [1.29, 1.82) is 0 Å². The number of ketones is 4. The molecule has 3 heterocycles. The van der Waals surface area contributed by atoms with Gasteiger partial charge in [-0.1, -0.05) is 93.0 Å². The van der Waals surface area contributed by atoms with Crippen molar-refractivity contribution in [1.82, 2.24) is 25.8 Å². The molecule has 0 unspecified atom stereocenters. The molecule has 18 nitrogen and oxygen atoms in total. The van der Waals surface area contributed by atoms with E-state index >= 15 is 0 Å². The van der Waals surface area contributed by atoms with Crippen LogP contribution in [0.15, 0.2) is 54.7 Å². The number of fused-ring (bicyclic) bond motifs is 2. The first-order valence-electron chi connectivity index (χ1n) is 26.1. The van der Waals surface area contributed by atoms with E-state index in [1.807, 2.05) is 45.0 Å². The zero-order valence-electron chi connectivity index (χ0n) is 43.7. The monoisotopic (exact) mass is 1070 g/mol. The molecule has 6 amide bonds.